The fourth-order valence-electron chi connectivity index (χ4n) is 7.63. The van der Waals surface area contributed by atoms with Crippen molar-refractivity contribution in [2.24, 2.45) is 0 Å². The molecule has 0 amide bonds. The number of benzene rings is 7. The third kappa shape index (κ3) is 5.62. The predicted octanol–water partition coefficient (Wildman–Crippen LogP) is 11.3. The zero-order chi connectivity index (χ0) is 34.4. The van der Waals surface area contributed by atoms with Gasteiger partial charge in [-0.15, -0.1) is 0 Å². The SMILES string of the molecule is C[Si]1(C)c2ccccc2-c2nc(-c3cccc(-c4cccc(-c5cccc(-c6ccccc6)c5)c4)c3)nc(-c3ccc(-c4ccccc4)cc3)c21. The number of fused-ring (bicyclic) bond motifs is 3. The molecule has 3 heteroatoms. The van der Waals surface area contributed by atoms with Gasteiger partial charge in [-0.2, -0.15) is 0 Å². The van der Waals surface area contributed by atoms with Crippen LogP contribution in [0.5, 0.6) is 0 Å². The molecule has 0 bridgehead atoms. The second-order valence-corrected chi connectivity index (χ2v) is 18.1. The molecule has 1 aliphatic rings. The fourth-order valence-corrected chi connectivity index (χ4v) is 10.9. The molecule has 0 unspecified atom stereocenters. The molecular weight excluding hydrogens is 633 g/mol. The van der Waals surface area contributed by atoms with Gasteiger partial charge in [0.05, 0.1) is 11.4 Å². The Labute approximate surface area is 300 Å². The van der Waals surface area contributed by atoms with E-state index in [1.54, 1.807) is 0 Å². The second kappa shape index (κ2) is 12.6. The molecule has 1 aromatic heterocycles. The van der Waals surface area contributed by atoms with Gasteiger partial charge in [-0.1, -0.05) is 177 Å². The first-order chi connectivity index (χ1) is 25.0. The third-order valence-corrected chi connectivity index (χ3v) is 13.8. The molecule has 0 aliphatic carbocycles. The summed E-state index contributed by atoms with van der Waals surface area (Å²) in [6, 6.07) is 65.2. The van der Waals surface area contributed by atoms with Gasteiger partial charge in [-0.3, -0.25) is 0 Å². The molecule has 0 atom stereocenters. The molecule has 0 radical (unpaired) electrons. The summed E-state index contributed by atoms with van der Waals surface area (Å²) < 4.78 is 0. The molecule has 2 heterocycles. The van der Waals surface area contributed by atoms with Crippen molar-refractivity contribution in [1.82, 2.24) is 9.97 Å². The average molecular weight is 669 g/mol. The van der Waals surface area contributed by atoms with Crippen LogP contribution < -0.4 is 10.4 Å². The molecule has 0 spiro atoms. The molecule has 0 fully saturated rings. The Morgan fingerprint density at radius 1 is 0.333 bits per heavy atom. The molecular formula is C48H36N2Si. The molecule has 51 heavy (non-hydrogen) atoms. The number of rotatable bonds is 6. The summed E-state index contributed by atoms with van der Waals surface area (Å²) in [5, 5.41) is 2.75. The van der Waals surface area contributed by atoms with E-state index in [4.69, 9.17) is 9.97 Å². The van der Waals surface area contributed by atoms with Gasteiger partial charge >= 0.3 is 0 Å². The molecule has 0 N–H and O–H groups in total. The Bertz CT molecular complexity index is 2540. The van der Waals surface area contributed by atoms with E-state index in [0.717, 1.165) is 39.5 Å². The lowest BCUT2D eigenvalue weighted by Gasteiger charge is -2.22. The first-order valence-corrected chi connectivity index (χ1v) is 20.6. The van der Waals surface area contributed by atoms with Crippen LogP contribution in [0.3, 0.4) is 0 Å². The highest BCUT2D eigenvalue weighted by atomic mass is 28.3. The molecule has 0 saturated heterocycles. The average Bonchev–Trinajstić information content (AvgIpc) is 3.44. The lowest BCUT2D eigenvalue weighted by Crippen LogP contribution is -2.50. The standard InChI is InChI=1S/C48H36N2Si/c1-51(2)44-25-10-9-24-43(44)46-47(51)45(36-28-26-35(27-29-36)33-14-5-3-6-15-33)49-48(50-46)42-23-13-22-41(32-42)40-21-12-20-39(31-40)38-19-11-18-37(30-38)34-16-7-4-8-17-34/h3-32H,1-2H3. The number of hydrogen-bond acceptors (Lipinski definition) is 2. The zero-order valence-corrected chi connectivity index (χ0v) is 29.7. The zero-order valence-electron chi connectivity index (χ0n) is 28.7. The normalized spacial score (nSPS) is 12.7. The summed E-state index contributed by atoms with van der Waals surface area (Å²) in [7, 11) is -2.06. The minimum atomic E-state index is -2.06. The van der Waals surface area contributed by atoms with Gasteiger partial charge in [0.2, 0.25) is 0 Å². The Balaban J connectivity index is 1.14. The number of nitrogens with zero attached hydrogens (tertiary/aromatic N) is 2. The van der Waals surface area contributed by atoms with Crippen molar-refractivity contribution in [3.05, 3.63) is 182 Å². The highest BCUT2D eigenvalue weighted by Gasteiger charge is 2.41. The Hall–Kier alpha value is -6.16. The minimum Gasteiger partial charge on any atom is -0.228 e. The van der Waals surface area contributed by atoms with Gasteiger partial charge in [0.1, 0.15) is 8.07 Å². The first kappa shape index (κ1) is 30.9. The molecule has 0 saturated carbocycles. The van der Waals surface area contributed by atoms with E-state index >= 15 is 0 Å². The largest absolute Gasteiger partial charge is 0.228 e. The topological polar surface area (TPSA) is 25.8 Å². The molecule has 1 aliphatic heterocycles. The van der Waals surface area contributed by atoms with Gasteiger partial charge < -0.3 is 0 Å². The van der Waals surface area contributed by atoms with Crippen LogP contribution >= 0.6 is 0 Å². The predicted molar refractivity (Wildman–Crippen MR) is 217 cm³/mol. The maximum Gasteiger partial charge on any atom is 0.160 e. The monoisotopic (exact) mass is 668 g/mol. The summed E-state index contributed by atoms with van der Waals surface area (Å²) in [6.07, 6.45) is 0. The third-order valence-electron chi connectivity index (χ3n) is 10.3. The summed E-state index contributed by atoms with van der Waals surface area (Å²) in [5.74, 6) is 0.756. The van der Waals surface area contributed by atoms with Crippen molar-refractivity contribution < 1.29 is 0 Å². The molecule has 9 rings (SSSR count). The van der Waals surface area contributed by atoms with Gasteiger partial charge in [-0.05, 0) is 78.6 Å². The number of aromatic nitrogens is 2. The Kier molecular flexibility index (Phi) is 7.64. The van der Waals surface area contributed by atoms with Crippen LogP contribution in [-0.2, 0) is 0 Å². The van der Waals surface area contributed by atoms with Gasteiger partial charge in [0, 0.05) is 11.1 Å². The van der Waals surface area contributed by atoms with Crippen molar-refractivity contribution >= 4 is 18.4 Å². The summed E-state index contributed by atoms with van der Waals surface area (Å²) >= 11 is 0. The van der Waals surface area contributed by atoms with E-state index < -0.39 is 8.07 Å². The van der Waals surface area contributed by atoms with E-state index in [-0.39, 0.29) is 0 Å². The van der Waals surface area contributed by atoms with E-state index in [9.17, 15) is 0 Å². The van der Waals surface area contributed by atoms with Gasteiger partial charge in [0.15, 0.2) is 5.82 Å². The maximum absolute atomic E-state index is 5.43. The van der Waals surface area contributed by atoms with Gasteiger partial charge in [0.25, 0.3) is 0 Å². The van der Waals surface area contributed by atoms with E-state index in [0.29, 0.717) is 0 Å². The number of hydrogen-bond donors (Lipinski definition) is 0. The summed E-state index contributed by atoms with van der Waals surface area (Å²) in [6.45, 7) is 4.87. The summed E-state index contributed by atoms with van der Waals surface area (Å²) in [4.78, 5) is 10.8. The van der Waals surface area contributed by atoms with Crippen LogP contribution in [0, 0.1) is 0 Å². The summed E-state index contributed by atoms with van der Waals surface area (Å²) in [5.41, 5.74) is 15.1. The lowest BCUT2D eigenvalue weighted by atomic mass is 9.95. The van der Waals surface area contributed by atoms with Crippen molar-refractivity contribution in [2.75, 3.05) is 0 Å². The fraction of sp³-hybridized carbons (Fsp3) is 0.0417. The molecule has 2 nitrogen and oxygen atoms in total. The van der Waals surface area contributed by atoms with Crippen LogP contribution in [0.15, 0.2) is 182 Å². The Morgan fingerprint density at radius 2 is 0.725 bits per heavy atom. The highest BCUT2D eigenvalue weighted by molar-refractivity contribution is 7.04. The lowest BCUT2D eigenvalue weighted by molar-refractivity contribution is 1.20. The first-order valence-electron chi connectivity index (χ1n) is 17.6. The van der Waals surface area contributed by atoms with Gasteiger partial charge in [-0.25, -0.2) is 9.97 Å². The molecule has 242 valence electrons. The van der Waals surface area contributed by atoms with Crippen LogP contribution in [0.2, 0.25) is 13.1 Å². The highest BCUT2D eigenvalue weighted by Crippen LogP contribution is 2.36. The van der Waals surface area contributed by atoms with Crippen molar-refractivity contribution in [3.8, 4) is 78.4 Å². The van der Waals surface area contributed by atoms with Crippen LogP contribution in [0.4, 0.5) is 0 Å². The quantitative estimate of drug-likeness (QED) is 0.165. The van der Waals surface area contributed by atoms with Crippen LogP contribution in [0.25, 0.3) is 78.4 Å². The van der Waals surface area contributed by atoms with E-state index in [2.05, 4.69) is 195 Å². The van der Waals surface area contributed by atoms with Crippen molar-refractivity contribution in [3.63, 3.8) is 0 Å². The molecule has 7 aromatic carbocycles. The van der Waals surface area contributed by atoms with Crippen LogP contribution in [0.1, 0.15) is 0 Å². The minimum absolute atomic E-state index is 0.756. The Morgan fingerprint density at radius 3 is 1.31 bits per heavy atom. The van der Waals surface area contributed by atoms with Crippen LogP contribution in [-0.4, -0.2) is 18.0 Å². The smallest absolute Gasteiger partial charge is 0.160 e. The van der Waals surface area contributed by atoms with E-state index in [1.807, 2.05) is 0 Å². The van der Waals surface area contributed by atoms with E-state index in [1.165, 1.54) is 49.3 Å². The second-order valence-electron chi connectivity index (χ2n) is 13.8. The maximum atomic E-state index is 5.43. The van der Waals surface area contributed by atoms with Crippen molar-refractivity contribution in [2.45, 2.75) is 13.1 Å². The molecule has 8 aromatic rings. The van der Waals surface area contributed by atoms with Crippen molar-refractivity contribution in [1.29, 1.82) is 0 Å².